The molecule has 1 aliphatic rings. The van der Waals surface area contributed by atoms with Crippen LogP contribution in [-0.4, -0.2) is 16.7 Å². The zero-order valence-electron chi connectivity index (χ0n) is 17.4. The molecule has 0 spiro atoms. The fourth-order valence-electron chi connectivity index (χ4n) is 3.49. The predicted octanol–water partition coefficient (Wildman–Crippen LogP) is 5.33. The van der Waals surface area contributed by atoms with Crippen molar-refractivity contribution in [2.24, 2.45) is 5.41 Å². The van der Waals surface area contributed by atoms with E-state index in [0.717, 1.165) is 16.7 Å². The van der Waals surface area contributed by atoms with Crippen LogP contribution in [0.4, 0.5) is 0 Å². The Morgan fingerprint density at radius 1 is 0.885 bits per heavy atom. The summed E-state index contributed by atoms with van der Waals surface area (Å²) in [5.74, 6) is 0.123. The van der Waals surface area contributed by atoms with Crippen LogP contribution in [-0.2, 0) is 20.4 Å². The van der Waals surface area contributed by atoms with E-state index in [2.05, 4.69) is 0 Å². The van der Waals surface area contributed by atoms with E-state index >= 15 is 0 Å². The Kier molecular flexibility index (Phi) is 5.00. The summed E-state index contributed by atoms with van der Waals surface area (Å²) in [5.41, 5.74) is 1.97. The average molecular weight is 357 g/mol. The topological polar surface area (TPSA) is 54.4 Å². The molecule has 0 aliphatic heterocycles. The molecule has 1 aliphatic carbocycles. The molecule has 1 saturated carbocycles. The monoisotopic (exact) mass is 356 g/mol. The summed E-state index contributed by atoms with van der Waals surface area (Å²) in [6.45, 7) is 16.2. The molecule has 26 heavy (non-hydrogen) atoms. The molecule has 1 N–H and O–H groups in total. The van der Waals surface area contributed by atoms with Gasteiger partial charge >= 0.3 is 0 Å². The molecule has 2 rings (SSSR count). The van der Waals surface area contributed by atoms with Crippen molar-refractivity contribution in [3.8, 4) is 5.75 Å². The van der Waals surface area contributed by atoms with Gasteiger partial charge in [0.15, 0.2) is 11.6 Å². The maximum atomic E-state index is 12.5. The third kappa shape index (κ3) is 4.25. The number of phenolic OH excluding ortho intramolecular Hbond substituents is 1. The van der Waals surface area contributed by atoms with E-state index in [9.17, 15) is 14.7 Å². The first-order valence-corrected chi connectivity index (χ1v) is 9.28. The molecule has 0 heterocycles. The van der Waals surface area contributed by atoms with Gasteiger partial charge in [0, 0.05) is 24.0 Å². The summed E-state index contributed by atoms with van der Waals surface area (Å²) in [7, 11) is 0. The molecule has 3 nitrogen and oxygen atoms in total. The third-order valence-electron chi connectivity index (χ3n) is 4.94. The van der Waals surface area contributed by atoms with Crippen molar-refractivity contribution in [1.82, 2.24) is 0 Å². The van der Waals surface area contributed by atoms with Gasteiger partial charge < -0.3 is 5.11 Å². The van der Waals surface area contributed by atoms with Crippen LogP contribution in [0.25, 0.3) is 6.08 Å². The van der Waals surface area contributed by atoms with Crippen LogP contribution in [0.1, 0.15) is 84.9 Å². The van der Waals surface area contributed by atoms with E-state index < -0.39 is 0 Å². The van der Waals surface area contributed by atoms with E-state index in [1.54, 1.807) is 6.08 Å². The van der Waals surface area contributed by atoms with Crippen molar-refractivity contribution < 1.29 is 14.7 Å². The summed E-state index contributed by atoms with van der Waals surface area (Å²) in [6.07, 6.45) is 2.49. The lowest BCUT2D eigenvalue weighted by Crippen LogP contribution is -2.31. The average Bonchev–Trinajstić information content (AvgIpc) is 2.40. The number of hydrogen-bond donors (Lipinski definition) is 1. The minimum Gasteiger partial charge on any atom is -0.507 e. The van der Waals surface area contributed by atoms with Crippen LogP contribution in [0.3, 0.4) is 0 Å². The van der Waals surface area contributed by atoms with Crippen LogP contribution in [0.2, 0.25) is 0 Å². The maximum absolute atomic E-state index is 12.5. The van der Waals surface area contributed by atoms with Crippen LogP contribution < -0.4 is 0 Å². The second kappa shape index (κ2) is 6.37. The van der Waals surface area contributed by atoms with E-state index in [0.29, 0.717) is 18.6 Å². The van der Waals surface area contributed by atoms with Gasteiger partial charge in [0.1, 0.15) is 5.75 Å². The van der Waals surface area contributed by atoms with Gasteiger partial charge in [-0.2, -0.15) is 0 Å². The highest BCUT2D eigenvalue weighted by Crippen LogP contribution is 2.41. The lowest BCUT2D eigenvalue weighted by atomic mass is 9.73. The van der Waals surface area contributed by atoms with Crippen LogP contribution in [0.5, 0.6) is 5.75 Å². The molecule has 0 unspecified atom stereocenters. The highest BCUT2D eigenvalue weighted by molar-refractivity contribution is 6.25. The van der Waals surface area contributed by atoms with Crippen LogP contribution in [0.15, 0.2) is 17.7 Å². The van der Waals surface area contributed by atoms with Crippen molar-refractivity contribution >= 4 is 17.6 Å². The Morgan fingerprint density at radius 3 is 1.62 bits per heavy atom. The smallest absolute Gasteiger partial charge is 0.167 e. The van der Waals surface area contributed by atoms with Gasteiger partial charge in [-0.1, -0.05) is 55.4 Å². The third-order valence-corrected chi connectivity index (χ3v) is 4.94. The van der Waals surface area contributed by atoms with E-state index in [1.165, 1.54) is 0 Å². The molecular formula is C23H32O3. The Morgan fingerprint density at radius 2 is 1.27 bits per heavy atom. The van der Waals surface area contributed by atoms with E-state index in [1.807, 2.05) is 67.5 Å². The van der Waals surface area contributed by atoms with Crippen LogP contribution in [0, 0.1) is 5.41 Å². The number of carbonyl (C=O) groups excluding carboxylic acids is 2. The molecule has 3 heteroatoms. The molecular weight excluding hydrogens is 324 g/mol. The molecule has 1 fully saturated rings. The van der Waals surface area contributed by atoms with Crippen molar-refractivity contribution in [3.63, 3.8) is 0 Å². The zero-order valence-corrected chi connectivity index (χ0v) is 17.4. The summed E-state index contributed by atoms with van der Waals surface area (Å²) in [4.78, 5) is 25.0. The number of Topliss-reactive ketones (excluding diaryl/α,β-unsaturated/α-hetero) is 2. The number of carbonyl (C=O) groups is 2. The molecule has 0 amide bonds. The standard InChI is InChI=1S/C23H32O3/c1-21(2,3)16-10-14(11-17(20(16)26)22(4,5)6)9-15-18(24)12-23(7,8)13-19(15)25/h9-11,26H,12-13H2,1-8H3. The first-order chi connectivity index (χ1) is 11.6. The number of rotatable bonds is 1. The van der Waals surface area contributed by atoms with Gasteiger partial charge in [-0.05, 0) is 40.0 Å². The fourth-order valence-corrected chi connectivity index (χ4v) is 3.49. The predicted molar refractivity (Wildman–Crippen MR) is 107 cm³/mol. The molecule has 0 saturated heterocycles. The number of phenols is 1. The second-order valence-corrected chi connectivity index (χ2v) is 10.4. The molecule has 142 valence electrons. The summed E-state index contributed by atoms with van der Waals surface area (Å²) in [5, 5.41) is 10.8. The SMILES string of the molecule is CC1(C)CC(=O)C(=Cc2cc(C(C)(C)C)c(O)c(C(C)(C)C)c2)C(=O)C1. The summed E-state index contributed by atoms with van der Waals surface area (Å²) in [6, 6.07) is 3.80. The highest BCUT2D eigenvalue weighted by Gasteiger charge is 2.35. The van der Waals surface area contributed by atoms with Crippen molar-refractivity contribution in [2.75, 3.05) is 0 Å². The Bertz CT molecular complexity index is 724. The minimum absolute atomic E-state index is 0.0889. The molecule has 1 aromatic rings. The molecule has 0 radical (unpaired) electrons. The molecule has 0 bridgehead atoms. The Balaban J connectivity index is 2.64. The fraction of sp³-hybridized carbons (Fsp3) is 0.565. The molecule has 0 aromatic heterocycles. The summed E-state index contributed by atoms with van der Waals surface area (Å²) < 4.78 is 0. The maximum Gasteiger partial charge on any atom is 0.167 e. The lowest BCUT2D eigenvalue weighted by Gasteiger charge is -2.29. The first-order valence-electron chi connectivity index (χ1n) is 9.28. The van der Waals surface area contributed by atoms with Gasteiger partial charge in [-0.3, -0.25) is 9.59 Å². The Labute approximate surface area is 157 Å². The zero-order chi connectivity index (χ0) is 20.1. The number of hydrogen-bond acceptors (Lipinski definition) is 3. The number of aromatic hydroxyl groups is 1. The number of benzene rings is 1. The van der Waals surface area contributed by atoms with Crippen LogP contribution >= 0.6 is 0 Å². The quantitative estimate of drug-likeness (QED) is 0.546. The van der Waals surface area contributed by atoms with Crippen molar-refractivity contribution in [3.05, 3.63) is 34.4 Å². The van der Waals surface area contributed by atoms with Crippen molar-refractivity contribution in [2.45, 2.75) is 79.1 Å². The van der Waals surface area contributed by atoms with Crippen molar-refractivity contribution in [1.29, 1.82) is 0 Å². The minimum atomic E-state index is -0.270. The second-order valence-electron chi connectivity index (χ2n) is 10.4. The van der Waals surface area contributed by atoms with Gasteiger partial charge in [-0.25, -0.2) is 0 Å². The Hall–Kier alpha value is -1.90. The van der Waals surface area contributed by atoms with Gasteiger partial charge in [-0.15, -0.1) is 0 Å². The van der Waals surface area contributed by atoms with Gasteiger partial charge in [0.25, 0.3) is 0 Å². The molecule has 1 aromatic carbocycles. The number of allylic oxidation sites excluding steroid dienone is 1. The number of ketones is 2. The van der Waals surface area contributed by atoms with Gasteiger partial charge in [0.05, 0.1) is 5.57 Å². The normalized spacial score (nSPS) is 18.2. The largest absolute Gasteiger partial charge is 0.507 e. The highest BCUT2D eigenvalue weighted by atomic mass is 16.3. The lowest BCUT2D eigenvalue weighted by molar-refractivity contribution is -0.127. The first kappa shape index (κ1) is 20.4. The van der Waals surface area contributed by atoms with Gasteiger partial charge in [0.2, 0.25) is 0 Å². The summed E-state index contributed by atoms with van der Waals surface area (Å²) >= 11 is 0. The van der Waals surface area contributed by atoms with E-state index in [-0.39, 0.29) is 33.4 Å². The molecule has 0 atom stereocenters. The van der Waals surface area contributed by atoms with E-state index in [4.69, 9.17) is 0 Å².